The Hall–Kier alpha value is -0.120. The molecule has 3 unspecified atom stereocenters. The molecule has 2 heterocycles. The Bertz CT molecular complexity index is 198. The van der Waals surface area contributed by atoms with Gasteiger partial charge in [0.25, 0.3) is 0 Å². The minimum Gasteiger partial charge on any atom is -0.380 e. The van der Waals surface area contributed by atoms with Crippen molar-refractivity contribution >= 4 is 0 Å². The summed E-state index contributed by atoms with van der Waals surface area (Å²) in [5.74, 6) is 0. The first-order valence-corrected chi connectivity index (χ1v) is 6.30. The molecule has 0 aromatic rings. The monoisotopic (exact) mass is 212 g/mol. The van der Waals surface area contributed by atoms with Crippen molar-refractivity contribution in [2.45, 2.75) is 50.8 Å². The number of nitrogens with zero attached hydrogens (tertiary/aromatic N) is 1. The van der Waals surface area contributed by atoms with Crippen LogP contribution in [0, 0.1) is 0 Å². The molecule has 0 aliphatic carbocycles. The van der Waals surface area contributed by atoms with E-state index in [1.54, 1.807) is 7.11 Å². The molecule has 2 fully saturated rings. The second kappa shape index (κ2) is 5.28. The molecular formula is C12H24N2O. The van der Waals surface area contributed by atoms with E-state index >= 15 is 0 Å². The Labute approximate surface area is 93.2 Å². The van der Waals surface area contributed by atoms with E-state index in [-0.39, 0.29) is 0 Å². The number of nitrogens with one attached hydrogen (secondary N) is 1. The average Bonchev–Trinajstić information content (AvgIpc) is 2.72. The summed E-state index contributed by atoms with van der Waals surface area (Å²) in [6.45, 7) is 5.75. The predicted octanol–water partition coefficient (Wildman–Crippen LogP) is 1.24. The fraction of sp³-hybridized carbons (Fsp3) is 1.00. The Morgan fingerprint density at radius 3 is 3.07 bits per heavy atom. The number of rotatable bonds is 4. The number of fused-ring (bicyclic) bond motifs is 1. The van der Waals surface area contributed by atoms with Crippen LogP contribution in [0.3, 0.4) is 0 Å². The third kappa shape index (κ3) is 2.92. The first-order chi connectivity index (χ1) is 7.29. The van der Waals surface area contributed by atoms with Crippen LogP contribution in [0.4, 0.5) is 0 Å². The Balaban J connectivity index is 1.71. The van der Waals surface area contributed by atoms with Crippen molar-refractivity contribution in [3.63, 3.8) is 0 Å². The van der Waals surface area contributed by atoms with Gasteiger partial charge in [-0.3, -0.25) is 0 Å². The SMILES string of the molecule is COC(C)CNC1CCN2CCCC2C1. The van der Waals surface area contributed by atoms with E-state index < -0.39 is 0 Å². The molecule has 3 atom stereocenters. The van der Waals surface area contributed by atoms with Crippen LogP contribution in [0.25, 0.3) is 0 Å². The molecule has 3 heteroatoms. The van der Waals surface area contributed by atoms with Gasteiger partial charge in [0, 0.05) is 25.7 Å². The van der Waals surface area contributed by atoms with E-state index in [0.29, 0.717) is 6.10 Å². The van der Waals surface area contributed by atoms with Crippen molar-refractivity contribution in [1.29, 1.82) is 0 Å². The van der Waals surface area contributed by atoms with Gasteiger partial charge in [0.15, 0.2) is 0 Å². The highest BCUT2D eigenvalue weighted by Gasteiger charge is 2.31. The minimum atomic E-state index is 0.339. The minimum absolute atomic E-state index is 0.339. The van der Waals surface area contributed by atoms with Gasteiger partial charge in [-0.05, 0) is 45.7 Å². The van der Waals surface area contributed by atoms with Gasteiger partial charge in [0.1, 0.15) is 0 Å². The average molecular weight is 212 g/mol. The van der Waals surface area contributed by atoms with E-state index in [4.69, 9.17) is 4.74 Å². The zero-order valence-corrected chi connectivity index (χ0v) is 10.0. The maximum absolute atomic E-state index is 5.25. The molecule has 0 bridgehead atoms. The summed E-state index contributed by atoms with van der Waals surface area (Å²) in [5, 5.41) is 3.63. The van der Waals surface area contributed by atoms with Crippen molar-refractivity contribution in [3.05, 3.63) is 0 Å². The molecule has 2 rings (SSSR count). The van der Waals surface area contributed by atoms with Gasteiger partial charge in [0.2, 0.25) is 0 Å². The van der Waals surface area contributed by atoms with Crippen molar-refractivity contribution < 1.29 is 4.74 Å². The molecule has 2 aliphatic rings. The third-order valence-corrected chi connectivity index (χ3v) is 3.92. The second-order valence-corrected chi connectivity index (χ2v) is 5.01. The largest absolute Gasteiger partial charge is 0.380 e. The number of piperidine rings is 1. The molecule has 0 spiro atoms. The van der Waals surface area contributed by atoms with Crippen molar-refractivity contribution in [3.8, 4) is 0 Å². The van der Waals surface area contributed by atoms with Gasteiger partial charge < -0.3 is 15.0 Å². The van der Waals surface area contributed by atoms with E-state index in [0.717, 1.165) is 18.6 Å². The highest BCUT2D eigenvalue weighted by molar-refractivity contribution is 4.89. The third-order valence-electron chi connectivity index (χ3n) is 3.92. The Kier molecular flexibility index (Phi) is 4.00. The number of hydrogen-bond acceptors (Lipinski definition) is 3. The molecule has 0 saturated carbocycles. The molecular weight excluding hydrogens is 188 g/mol. The van der Waals surface area contributed by atoms with Gasteiger partial charge in [-0.2, -0.15) is 0 Å². The lowest BCUT2D eigenvalue weighted by molar-refractivity contribution is 0.104. The van der Waals surface area contributed by atoms with Crippen LogP contribution >= 0.6 is 0 Å². The number of methoxy groups -OCH3 is 1. The van der Waals surface area contributed by atoms with Crippen LogP contribution in [0.2, 0.25) is 0 Å². The van der Waals surface area contributed by atoms with Crippen LogP contribution in [0.1, 0.15) is 32.6 Å². The van der Waals surface area contributed by atoms with E-state index in [2.05, 4.69) is 17.1 Å². The van der Waals surface area contributed by atoms with Crippen LogP contribution in [-0.4, -0.2) is 49.8 Å². The predicted molar refractivity (Wildman–Crippen MR) is 62.1 cm³/mol. The quantitative estimate of drug-likeness (QED) is 0.759. The highest BCUT2D eigenvalue weighted by atomic mass is 16.5. The summed E-state index contributed by atoms with van der Waals surface area (Å²) in [5.41, 5.74) is 0. The van der Waals surface area contributed by atoms with Crippen LogP contribution in [0.5, 0.6) is 0 Å². The van der Waals surface area contributed by atoms with Gasteiger partial charge in [-0.15, -0.1) is 0 Å². The second-order valence-electron chi connectivity index (χ2n) is 5.01. The smallest absolute Gasteiger partial charge is 0.0667 e. The van der Waals surface area contributed by atoms with Gasteiger partial charge in [0.05, 0.1) is 6.10 Å². The normalized spacial score (nSPS) is 34.0. The molecule has 0 amide bonds. The molecule has 88 valence electrons. The summed E-state index contributed by atoms with van der Waals surface area (Å²) in [7, 11) is 1.78. The van der Waals surface area contributed by atoms with E-state index in [1.807, 2.05) is 0 Å². The van der Waals surface area contributed by atoms with Crippen LogP contribution in [0.15, 0.2) is 0 Å². The summed E-state index contributed by atoms with van der Waals surface area (Å²) in [6.07, 6.45) is 5.82. The number of ether oxygens (including phenoxy) is 1. The molecule has 0 aromatic carbocycles. The highest BCUT2D eigenvalue weighted by Crippen LogP contribution is 2.26. The molecule has 2 aliphatic heterocycles. The lowest BCUT2D eigenvalue weighted by atomic mass is 9.97. The van der Waals surface area contributed by atoms with Gasteiger partial charge in [-0.25, -0.2) is 0 Å². The Morgan fingerprint density at radius 1 is 1.40 bits per heavy atom. The summed E-state index contributed by atoms with van der Waals surface area (Å²) >= 11 is 0. The molecule has 1 N–H and O–H groups in total. The zero-order chi connectivity index (χ0) is 10.7. The fourth-order valence-electron chi connectivity index (χ4n) is 2.83. The number of hydrogen-bond donors (Lipinski definition) is 1. The summed E-state index contributed by atoms with van der Waals surface area (Å²) in [6, 6.07) is 1.59. The first kappa shape index (κ1) is 11.4. The van der Waals surface area contributed by atoms with Crippen LogP contribution in [-0.2, 0) is 4.74 Å². The van der Waals surface area contributed by atoms with Crippen LogP contribution < -0.4 is 5.32 Å². The molecule has 3 nitrogen and oxygen atoms in total. The fourth-order valence-corrected chi connectivity index (χ4v) is 2.83. The van der Waals surface area contributed by atoms with E-state index in [1.165, 1.54) is 38.8 Å². The van der Waals surface area contributed by atoms with E-state index in [9.17, 15) is 0 Å². The van der Waals surface area contributed by atoms with Gasteiger partial charge >= 0.3 is 0 Å². The molecule has 0 aromatic heterocycles. The standard InChI is InChI=1S/C12H24N2O/c1-10(15-2)9-13-11-5-7-14-6-3-4-12(14)8-11/h10-13H,3-9H2,1-2H3. The van der Waals surface area contributed by atoms with Crippen molar-refractivity contribution in [1.82, 2.24) is 10.2 Å². The van der Waals surface area contributed by atoms with Crippen molar-refractivity contribution in [2.24, 2.45) is 0 Å². The molecule has 2 saturated heterocycles. The Morgan fingerprint density at radius 2 is 2.27 bits per heavy atom. The summed E-state index contributed by atoms with van der Waals surface area (Å²) < 4.78 is 5.25. The lowest BCUT2D eigenvalue weighted by Crippen LogP contribution is -2.47. The molecule has 0 radical (unpaired) electrons. The van der Waals surface area contributed by atoms with Crippen molar-refractivity contribution in [2.75, 3.05) is 26.7 Å². The first-order valence-electron chi connectivity index (χ1n) is 6.30. The summed E-state index contributed by atoms with van der Waals surface area (Å²) in [4.78, 5) is 2.66. The zero-order valence-electron chi connectivity index (χ0n) is 10.0. The maximum atomic E-state index is 5.25. The lowest BCUT2D eigenvalue weighted by Gasteiger charge is -2.35. The van der Waals surface area contributed by atoms with Gasteiger partial charge in [-0.1, -0.05) is 0 Å². The molecule has 15 heavy (non-hydrogen) atoms. The topological polar surface area (TPSA) is 24.5 Å². The maximum Gasteiger partial charge on any atom is 0.0667 e.